The summed E-state index contributed by atoms with van der Waals surface area (Å²) in [4.78, 5) is 0. The molecule has 1 heterocycles. The molecule has 15 heavy (non-hydrogen) atoms. The number of benzene rings is 1. The maximum atomic E-state index is 9.13. The van der Waals surface area contributed by atoms with Crippen LogP contribution in [-0.4, -0.2) is 20.1 Å². The highest BCUT2D eigenvalue weighted by molar-refractivity contribution is 6.33. The number of hydrogen-bond acceptors (Lipinski definition) is 3. The summed E-state index contributed by atoms with van der Waals surface area (Å²) in [5.74, 6) is 0. The molecule has 0 unspecified atom stereocenters. The number of nitrogens with zero attached hydrogens (tertiary/aromatic N) is 3. The van der Waals surface area contributed by atoms with Gasteiger partial charge in [-0.15, -0.1) is 5.10 Å². The van der Waals surface area contributed by atoms with Crippen LogP contribution in [0.2, 0.25) is 5.02 Å². The maximum Gasteiger partial charge on any atom is 0.116 e. The Balaban J connectivity index is 2.63. The molecule has 0 aliphatic heterocycles. The Kier molecular flexibility index (Phi) is 2.70. The number of aliphatic hydroxyl groups excluding tert-OH is 1. The van der Waals surface area contributed by atoms with E-state index in [0.717, 1.165) is 11.3 Å². The SMILES string of the molecule is Cn1nnc(CO)c1-c1ccccc1Cl. The largest absolute Gasteiger partial charge is 0.390 e. The topological polar surface area (TPSA) is 50.9 Å². The highest BCUT2D eigenvalue weighted by Gasteiger charge is 2.13. The molecule has 2 rings (SSSR count). The molecule has 0 atom stereocenters. The van der Waals surface area contributed by atoms with E-state index in [0.29, 0.717) is 10.7 Å². The summed E-state index contributed by atoms with van der Waals surface area (Å²) in [7, 11) is 1.77. The fraction of sp³-hybridized carbons (Fsp3) is 0.200. The number of aliphatic hydroxyl groups is 1. The van der Waals surface area contributed by atoms with Crippen molar-refractivity contribution in [3.05, 3.63) is 35.0 Å². The molecule has 0 radical (unpaired) electrons. The van der Waals surface area contributed by atoms with Gasteiger partial charge in [0.05, 0.1) is 17.3 Å². The first-order chi connectivity index (χ1) is 7.24. The standard InChI is InChI=1S/C10H10ClN3O/c1-14-10(9(6-15)12-13-14)7-4-2-3-5-8(7)11/h2-5,15H,6H2,1H3. The lowest BCUT2D eigenvalue weighted by Gasteiger charge is -2.04. The Hall–Kier alpha value is -1.39. The van der Waals surface area contributed by atoms with Crippen LogP contribution in [0.5, 0.6) is 0 Å². The van der Waals surface area contributed by atoms with Gasteiger partial charge in [0, 0.05) is 12.6 Å². The Bertz CT molecular complexity index is 481. The third-order valence-electron chi connectivity index (χ3n) is 2.18. The molecule has 1 aromatic carbocycles. The van der Waals surface area contributed by atoms with Gasteiger partial charge in [-0.05, 0) is 6.07 Å². The number of hydrogen-bond donors (Lipinski definition) is 1. The van der Waals surface area contributed by atoms with Gasteiger partial charge in [-0.25, -0.2) is 4.68 Å². The lowest BCUT2D eigenvalue weighted by Crippen LogP contribution is -1.96. The minimum Gasteiger partial charge on any atom is -0.390 e. The summed E-state index contributed by atoms with van der Waals surface area (Å²) >= 11 is 6.07. The molecule has 78 valence electrons. The Labute approximate surface area is 92.1 Å². The smallest absolute Gasteiger partial charge is 0.116 e. The van der Waals surface area contributed by atoms with Crippen molar-refractivity contribution >= 4 is 11.6 Å². The molecule has 0 amide bonds. The molecule has 0 saturated carbocycles. The van der Waals surface area contributed by atoms with Crippen LogP contribution in [0.4, 0.5) is 0 Å². The van der Waals surface area contributed by atoms with Crippen molar-refractivity contribution in [1.29, 1.82) is 0 Å². The van der Waals surface area contributed by atoms with E-state index in [-0.39, 0.29) is 6.61 Å². The summed E-state index contributed by atoms with van der Waals surface area (Å²) in [5, 5.41) is 17.5. The van der Waals surface area contributed by atoms with Crippen LogP contribution in [0.15, 0.2) is 24.3 Å². The predicted molar refractivity (Wildman–Crippen MR) is 57.4 cm³/mol. The molecule has 0 saturated heterocycles. The molecule has 0 bridgehead atoms. The zero-order valence-electron chi connectivity index (χ0n) is 8.18. The molecule has 1 N–H and O–H groups in total. The van der Waals surface area contributed by atoms with E-state index in [2.05, 4.69) is 10.3 Å². The maximum absolute atomic E-state index is 9.13. The van der Waals surface area contributed by atoms with Crippen LogP contribution in [0.1, 0.15) is 5.69 Å². The molecule has 0 spiro atoms. The first-order valence-corrected chi connectivity index (χ1v) is 4.86. The van der Waals surface area contributed by atoms with E-state index in [1.807, 2.05) is 18.2 Å². The van der Waals surface area contributed by atoms with Crippen molar-refractivity contribution in [3.8, 4) is 11.3 Å². The Morgan fingerprint density at radius 3 is 2.80 bits per heavy atom. The Morgan fingerprint density at radius 1 is 1.40 bits per heavy atom. The van der Waals surface area contributed by atoms with Gasteiger partial charge in [-0.3, -0.25) is 0 Å². The van der Waals surface area contributed by atoms with Crippen LogP contribution in [0.25, 0.3) is 11.3 Å². The van der Waals surface area contributed by atoms with Gasteiger partial charge in [0.1, 0.15) is 5.69 Å². The predicted octanol–water partition coefficient (Wildman–Crippen LogP) is 1.63. The zero-order valence-corrected chi connectivity index (χ0v) is 8.94. The fourth-order valence-electron chi connectivity index (χ4n) is 1.49. The quantitative estimate of drug-likeness (QED) is 0.842. The van der Waals surface area contributed by atoms with Crippen LogP contribution in [0.3, 0.4) is 0 Å². The molecule has 0 fully saturated rings. The molecular formula is C10H10ClN3O. The third kappa shape index (κ3) is 1.73. The monoisotopic (exact) mass is 223 g/mol. The van der Waals surface area contributed by atoms with Gasteiger partial charge in [0.2, 0.25) is 0 Å². The summed E-state index contributed by atoms with van der Waals surface area (Å²) in [5.41, 5.74) is 2.12. The zero-order chi connectivity index (χ0) is 10.8. The summed E-state index contributed by atoms with van der Waals surface area (Å²) in [6, 6.07) is 7.41. The normalized spacial score (nSPS) is 10.6. The number of aromatic nitrogens is 3. The van der Waals surface area contributed by atoms with Gasteiger partial charge in [-0.2, -0.15) is 0 Å². The fourth-order valence-corrected chi connectivity index (χ4v) is 1.71. The van der Waals surface area contributed by atoms with E-state index in [4.69, 9.17) is 16.7 Å². The Morgan fingerprint density at radius 2 is 2.13 bits per heavy atom. The minimum atomic E-state index is -0.144. The summed E-state index contributed by atoms with van der Waals surface area (Å²) in [6.07, 6.45) is 0. The van der Waals surface area contributed by atoms with E-state index in [1.165, 1.54) is 0 Å². The third-order valence-corrected chi connectivity index (χ3v) is 2.50. The second-order valence-electron chi connectivity index (χ2n) is 3.15. The first-order valence-electron chi connectivity index (χ1n) is 4.48. The van der Waals surface area contributed by atoms with Crippen LogP contribution >= 0.6 is 11.6 Å². The number of rotatable bonds is 2. The molecule has 0 aliphatic rings. The van der Waals surface area contributed by atoms with Gasteiger partial charge in [0.15, 0.2) is 0 Å². The van der Waals surface area contributed by atoms with Crippen molar-refractivity contribution in [2.24, 2.45) is 7.05 Å². The molecule has 1 aromatic heterocycles. The van der Waals surface area contributed by atoms with Gasteiger partial charge in [0.25, 0.3) is 0 Å². The molecule has 5 heteroatoms. The molecular weight excluding hydrogens is 214 g/mol. The van der Waals surface area contributed by atoms with Gasteiger partial charge < -0.3 is 5.11 Å². The van der Waals surface area contributed by atoms with E-state index < -0.39 is 0 Å². The van der Waals surface area contributed by atoms with Crippen LogP contribution < -0.4 is 0 Å². The lowest BCUT2D eigenvalue weighted by molar-refractivity contribution is 0.277. The highest BCUT2D eigenvalue weighted by Crippen LogP contribution is 2.28. The van der Waals surface area contributed by atoms with Crippen molar-refractivity contribution in [3.63, 3.8) is 0 Å². The molecule has 0 aliphatic carbocycles. The lowest BCUT2D eigenvalue weighted by atomic mass is 10.1. The summed E-state index contributed by atoms with van der Waals surface area (Å²) < 4.78 is 1.60. The van der Waals surface area contributed by atoms with Crippen molar-refractivity contribution in [2.75, 3.05) is 0 Å². The number of halogens is 1. The van der Waals surface area contributed by atoms with Gasteiger partial charge >= 0.3 is 0 Å². The van der Waals surface area contributed by atoms with Crippen LogP contribution in [0, 0.1) is 0 Å². The number of aryl methyl sites for hydroxylation is 1. The van der Waals surface area contributed by atoms with E-state index >= 15 is 0 Å². The van der Waals surface area contributed by atoms with Crippen molar-refractivity contribution in [2.45, 2.75) is 6.61 Å². The second kappa shape index (κ2) is 4.00. The molecule has 4 nitrogen and oxygen atoms in total. The van der Waals surface area contributed by atoms with Crippen LogP contribution in [-0.2, 0) is 13.7 Å². The van der Waals surface area contributed by atoms with Gasteiger partial charge in [-0.1, -0.05) is 35.0 Å². The van der Waals surface area contributed by atoms with Crippen molar-refractivity contribution < 1.29 is 5.11 Å². The first kappa shape index (κ1) is 10.1. The highest BCUT2D eigenvalue weighted by atomic mass is 35.5. The van der Waals surface area contributed by atoms with Crippen molar-refractivity contribution in [1.82, 2.24) is 15.0 Å². The van der Waals surface area contributed by atoms with E-state index in [9.17, 15) is 0 Å². The average Bonchev–Trinajstić information content (AvgIpc) is 2.60. The summed E-state index contributed by atoms with van der Waals surface area (Å²) in [6.45, 7) is -0.144. The van der Waals surface area contributed by atoms with E-state index in [1.54, 1.807) is 17.8 Å². The molecule has 2 aromatic rings. The minimum absolute atomic E-state index is 0.144. The second-order valence-corrected chi connectivity index (χ2v) is 3.55. The average molecular weight is 224 g/mol.